The molecule has 29 heavy (non-hydrogen) atoms. The van der Waals surface area contributed by atoms with Crippen molar-refractivity contribution in [3.63, 3.8) is 0 Å². The summed E-state index contributed by atoms with van der Waals surface area (Å²) in [5.41, 5.74) is 9.25. The molecule has 1 aromatic heterocycles. The smallest absolute Gasteiger partial charge is 0.227 e. The summed E-state index contributed by atoms with van der Waals surface area (Å²) >= 11 is 0. The van der Waals surface area contributed by atoms with Crippen molar-refractivity contribution in [2.75, 3.05) is 20.7 Å². The first-order chi connectivity index (χ1) is 13.5. The third kappa shape index (κ3) is 5.16. The van der Waals surface area contributed by atoms with Gasteiger partial charge in [0.25, 0.3) is 0 Å². The van der Waals surface area contributed by atoms with E-state index in [4.69, 9.17) is 15.6 Å². The van der Waals surface area contributed by atoms with Crippen molar-refractivity contribution in [3.8, 4) is 22.7 Å². The second-order valence-electron chi connectivity index (χ2n) is 6.78. The minimum atomic E-state index is -0.0129. The van der Waals surface area contributed by atoms with E-state index in [0.29, 0.717) is 6.54 Å². The highest BCUT2D eigenvalue weighted by Gasteiger charge is 2.20. The van der Waals surface area contributed by atoms with E-state index in [2.05, 4.69) is 0 Å². The third-order valence-electron chi connectivity index (χ3n) is 4.91. The van der Waals surface area contributed by atoms with Crippen molar-refractivity contribution in [1.29, 1.82) is 0 Å². The van der Waals surface area contributed by atoms with Gasteiger partial charge < -0.3 is 15.4 Å². The van der Waals surface area contributed by atoms with Gasteiger partial charge in [-0.2, -0.15) is 5.10 Å². The fourth-order valence-electron chi connectivity index (χ4n) is 2.94. The number of halogens is 1. The first kappa shape index (κ1) is 22.5. The molecule has 154 valence electrons. The Hall–Kier alpha value is -2.83. The number of benzene rings is 2. The summed E-state index contributed by atoms with van der Waals surface area (Å²) in [6.45, 7) is 2.37. The molecule has 7 heteroatoms. The van der Waals surface area contributed by atoms with Crippen LogP contribution >= 0.6 is 12.4 Å². The van der Waals surface area contributed by atoms with Crippen molar-refractivity contribution in [2.24, 2.45) is 5.73 Å². The molecule has 1 heterocycles. The van der Waals surface area contributed by atoms with Gasteiger partial charge in [0.05, 0.1) is 24.9 Å². The molecule has 0 bridgehead atoms. The van der Waals surface area contributed by atoms with Crippen molar-refractivity contribution in [3.05, 3.63) is 66.4 Å². The Bertz CT molecular complexity index is 926. The van der Waals surface area contributed by atoms with Gasteiger partial charge in [0.2, 0.25) is 5.91 Å². The van der Waals surface area contributed by atoms with Gasteiger partial charge in [-0.3, -0.25) is 4.79 Å². The fraction of sp³-hybridized carbons (Fsp3) is 0.273. The maximum absolute atomic E-state index is 12.8. The van der Waals surface area contributed by atoms with Gasteiger partial charge in [0.15, 0.2) is 0 Å². The van der Waals surface area contributed by atoms with E-state index in [1.165, 1.54) is 0 Å². The Morgan fingerprint density at radius 1 is 1.17 bits per heavy atom. The second-order valence-corrected chi connectivity index (χ2v) is 6.78. The number of amides is 1. The highest BCUT2D eigenvalue weighted by molar-refractivity contribution is 5.85. The topological polar surface area (TPSA) is 73.4 Å². The summed E-state index contributed by atoms with van der Waals surface area (Å²) < 4.78 is 7.06. The molecule has 1 unspecified atom stereocenters. The summed E-state index contributed by atoms with van der Waals surface area (Å²) in [6, 6.07) is 17.5. The van der Waals surface area contributed by atoms with E-state index in [0.717, 1.165) is 28.3 Å². The molecule has 0 spiro atoms. The highest BCUT2D eigenvalue weighted by Crippen LogP contribution is 2.26. The monoisotopic (exact) mass is 414 g/mol. The molecular formula is C22H27ClN4O2. The van der Waals surface area contributed by atoms with Crippen LogP contribution in [0.15, 0.2) is 60.8 Å². The summed E-state index contributed by atoms with van der Waals surface area (Å²) in [6.07, 6.45) is 2.18. The molecule has 0 saturated carbocycles. The van der Waals surface area contributed by atoms with Crippen molar-refractivity contribution in [1.82, 2.24) is 14.7 Å². The average molecular weight is 415 g/mol. The Morgan fingerprint density at radius 2 is 1.83 bits per heavy atom. The molecule has 6 nitrogen and oxygen atoms in total. The van der Waals surface area contributed by atoms with E-state index in [9.17, 15) is 4.79 Å². The fourth-order valence-corrected chi connectivity index (χ4v) is 2.94. The Kier molecular flexibility index (Phi) is 7.82. The first-order valence-corrected chi connectivity index (χ1v) is 9.27. The maximum Gasteiger partial charge on any atom is 0.227 e. The number of carbonyl (C=O) groups excluding carboxylic acids is 1. The molecule has 2 N–H and O–H groups in total. The average Bonchev–Trinajstić information content (AvgIpc) is 3.17. The lowest BCUT2D eigenvalue weighted by Gasteiger charge is -2.23. The molecule has 1 atom stereocenters. The minimum absolute atomic E-state index is 0. The van der Waals surface area contributed by atoms with Crippen LogP contribution in [0.2, 0.25) is 0 Å². The number of hydrogen-bond acceptors (Lipinski definition) is 4. The van der Waals surface area contributed by atoms with Crippen LogP contribution in [0.5, 0.6) is 5.75 Å². The zero-order chi connectivity index (χ0) is 20.1. The number of para-hydroxylation sites is 1. The lowest BCUT2D eigenvalue weighted by molar-refractivity contribution is -0.130. The molecule has 0 aliphatic rings. The molecule has 3 rings (SSSR count). The van der Waals surface area contributed by atoms with E-state index >= 15 is 0 Å². The van der Waals surface area contributed by atoms with E-state index < -0.39 is 0 Å². The van der Waals surface area contributed by atoms with E-state index in [1.807, 2.05) is 72.4 Å². The van der Waals surface area contributed by atoms with Crippen LogP contribution in [-0.2, 0) is 11.2 Å². The normalized spacial score (nSPS) is 11.4. The van der Waals surface area contributed by atoms with Crippen LogP contribution in [0, 0.1) is 0 Å². The summed E-state index contributed by atoms with van der Waals surface area (Å²) in [5.74, 6) is 0.792. The highest BCUT2D eigenvalue weighted by atomic mass is 35.5. The van der Waals surface area contributed by atoms with Crippen molar-refractivity contribution < 1.29 is 9.53 Å². The number of ether oxygens (including phenoxy) is 1. The number of nitrogens with zero attached hydrogens (tertiary/aromatic N) is 3. The van der Waals surface area contributed by atoms with Crippen LogP contribution in [0.3, 0.4) is 0 Å². The van der Waals surface area contributed by atoms with Crippen LogP contribution < -0.4 is 10.5 Å². The van der Waals surface area contributed by atoms with Gasteiger partial charge in [-0.05, 0) is 43.3 Å². The maximum atomic E-state index is 12.8. The first-order valence-electron chi connectivity index (χ1n) is 9.27. The molecule has 0 radical (unpaired) electrons. The van der Waals surface area contributed by atoms with Crippen molar-refractivity contribution >= 4 is 18.3 Å². The third-order valence-corrected chi connectivity index (χ3v) is 4.91. The number of carbonyl (C=O) groups is 1. The summed E-state index contributed by atoms with van der Waals surface area (Å²) in [7, 11) is 3.42. The van der Waals surface area contributed by atoms with Gasteiger partial charge in [-0.1, -0.05) is 18.2 Å². The van der Waals surface area contributed by atoms with Gasteiger partial charge in [-0.25, -0.2) is 4.68 Å². The summed E-state index contributed by atoms with van der Waals surface area (Å²) in [4.78, 5) is 14.4. The van der Waals surface area contributed by atoms with Gasteiger partial charge in [-0.15, -0.1) is 12.4 Å². The molecular weight excluding hydrogens is 388 g/mol. The molecule has 3 aromatic rings. The lowest BCUT2D eigenvalue weighted by atomic mass is 10.1. The molecule has 2 aromatic carbocycles. The molecule has 0 aliphatic carbocycles. The van der Waals surface area contributed by atoms with Gasteiger partial charge >= 0.3 is 0 Å². The predicted octanol–water partition coefficient (Wildman–Crippen LogP) is 3.32. The number of rotatable bonds is 7. The Morgan fingerprint density at radius 3 is 2.41 bits per heavy atom. The largest absolute Gasteiger partial charge is 0.497 e. The quantitative estimate of drug-likeness (QED) is 0.643. The Labute approximate surface area is 177 Å². The molecule has 1 amide bonds. The number of methoxy groups -OCH3 is 1. The van der Waals surface area contributed by atoms with E-state index in [1.54, 1.807) is 19.1 Å². The zero-order valence-electron chi connectivity index (χ0n) is 16.9. The van der Waals surface area contributed by atoms with Crippen LogP contribution in [0.1, 0.15) is 12.5 Å². The number of hydrogen-bond donors (Lipinski definition) is 1. The predicted molar refractivity (Wildman–Crippen MR) is 118 cm³/mol. The number of likely N-dealkylation sites (N-methyl/N-ethyl adjacent to an activating group) is 1. The lowest BCUT2D eigenvalue weighted by Crippen LogP contribution is -2.40. The standard InChI is InChI=1S/C22H26N4O2.ClH/c1-16(14-23)25(2)21(27)13-18-15-26(19-7-5-4-6-8-19)24-22(18)17-9-11-20(28-3)12-10-17;/h4-12,15-16H,13-14,23H2,1-3H3;1H. The van der Waals surface area contributed by atoms with Crippen molar-refractivity contribution in [2.45, 2.75) is 19.4 Å². The van der Waals surface area contributed by atoms with Crippen LogP contribution in [0.25, 0.3) is 16.9 Å². The van der Waals surface area contributed by atoms with Gasteiger partial charge in [0.1, 0.15) is 5.75 Å². The number of aromatic nitrogens is 2. The van der Waals surface area contributed by atoms with Crippen LogP contribution in [-0.4, -0.2) is 47.3 Å². The molecule has 0 aliphatic heterocycles. The second kappa shape index (κ2) is 10.1. The van der Waals surface area contributed by atoms with Gasteiger partial charge in [0, 0.05) is 37.0 Å². The SMILES string of the molecule is COc1ccc(-c2nn(-c3ccccc3)cc2CC(=O)N(C)C(C)CN)cc1.Cl. The zero-order valence-corrected chi connectivity index (χ0v) is 17.7. The number of nitrogens with two attached hydrogens (primary N) is 1. The minimum Gasteiger partial charge on any atom is -0.497 e. The Balaban J connectivity index is 0.00000300. The summed E-state index contributed by atoms with van der Waals surface area (Å²) in [5, 5.41) is 4.76. The van der Waals surface area contributed by atoms with E-state index in [-0.39, 0.29) is 30.8 Å². The van der Waals surface area contributed by atoms with Crippen LogP contribution in [0.4, 0.5) is 0 Å². The molecule has 0 fully saturated rings. The molecule has 0 saturated heterocycles.